The Hall–Kier alpha value is -1.31. The van der Waals surface area contributed by atoms with Gasteiger partial charge >= 0.3 is 0 Å². The molecule has 6 nitrogen and oxygen atoms in total. The van der Waals surface area contributed by atoms with Gasteiger partial charge < -0.3 is 15.2 Å². The summed E-state index contributed by atoms with van der Waals surface area (Å²) in [5.41, 5.74) is 6.89. The summed E-state index contributed by atoms with van der Waals surface area (Å²) in [5.74, 6) is 0.476. The lowest BCUT2D eigenvalue weighted by atomic mass is 10.2. The molecule has 7 heteroatoms. The van der Waals surface area contributed by atoms with Crippen LogP contribution in [0.3, 0.4) is 0 Å². The maximum Gasteiger partial charge on any atom is 0.235 e. The zero-order valence-electron chi connectivity index (χ0n) is 11.5. The number of sulfonamides is 1. The first-order chi connectivity index (χ1) is 9.56. The molecule has 0 unspecified atom stereocenters. The van der Waals surface area contributed by atoms with E-state index in [-0.39, 0.29) is 0 Å². The van der Waals surface area contributed by atoms with Crippen molar-refractivity contribution >= 4 is 15.7 Å². The van der Waals surface area contributed by atoms with Crippen LogP contribution in [0.5, 0.6) is 5.75 Å². The molecule has 0 amide bonds. The molecule has 0 aliphatic carbocycles. The van der Waals surface area contributed by atoms with Gasteiger partial charge in [-0.25, -0.2) is 8.42 Å². The maximum atomic E-state index is 12.3. The number of nitrogens with two attached hydrogens (primary N) is 1. The van der Waals surface area contributed by atoms with Gasteiger partial charge in [0.15, 0.2) is 0 Å². The van der Waals surface area contributed by atoms with Crippen LogP contribution in [0, 0.1) is 0 Å². The zero-order valence-corrected chi connectivity index (χ0v) is 12.3. The van der Waals surface area contributed by atoms with E-state index >= 15 is 0 Å². The number of anilines is 1. The van der Waals surface area contributed by atoms with Crippen LogP contribution in [0.15, 0.2) is 18.2 Å². The second kappa shape index (κ2) is 6.43. The van der Waals surface area contributed by atoms with Crippen LogP contribution >= 0.6 is 0 Å². The lowest BCUT2D eigenvalue weighted by Gasteiger charge is -2.23. The van der Waals surface area contributed by atoms with Crippen molar-refractivity contribution < 1.29 is 17.9 Å². The van der Waals surface area contributed by atoms with Crippen molar-refractivity contribution in [2.45, 2.75) is 24.6 Å². The lowest BCUT2D eigenvalue weighted by molar-refractivity contribution is 0.0984. The third-order valence-corrected chi connectivity index (χ3v) is 5.21. The van der Waals surface area contributed by atoms with Gasteiger partial charge in [-0.2, -0.15) is 0 Å². The van der Waals surface area contributed by atoms with Crippen LogP contribution in [-0.4, -0.2) is 34.0 Å². The van der Waals surface area contributed by atoms with E-state index in [0.29, 0.717) is 44.0 Å². The molecule has 1 fully saturated rings. The summed E-state index contributed by atoms with van der Waals surface area (Å²) >= 11 is 0. The molecule has 0 radical (unpaired) electrons. The number of methoxy groups -OCH3 is 1. The van der Waals surface area contributed by atoms with E-state index in [0.717, 1.165) is 5.56 Å². The van der Waals surface area contributed by atoms with Crippen molar-refractivity contribution in [3.63, 3.8) is 0 Å². The molecule has 1 aromatic carbocycles. The summed E-state index contributed by atoms with van der Waals surface area (Å²) < 4.78 is 37.7. The summed E-state index contributed by atoms with van der Waals surface area (Å²) in [7, 11) is -1.93. The first kappa shape index (κ1) is 15.1. The summed E-state index contributed by atoms with van der Waals surface area (Å²) in [6.07, 6.45) is 1.02. The fourth-order valence-corrected chi connectivity index (χ4v) is 3.62. The summed E-state index contributed by atoms with van der Waals surface area (Å²) in [5, 5.41) is -0.421. The van der Waals surface area contributed by atoms with Gasteiger partial charge in [-0.15, -0.1) is 0 Å². The summed E-state index contributed by atoms with van der Waals surface area (Å²) in [4.78, 5) is 0. The minimum atomic E-state index is -3.43. The van der Waals surface area contributed by atoms with Crippen LogP contribution in [0.1, 0.15) is 18.4 Å². The van der Waals surface area contributed by atoms with Crippen LogP contribution in [-0.2, 0) is 21.3 Å². The van der Waals surface area contributed by atoms with Gasteiger partial charge in [-0.05, 0) is 30.5 Å². The van der Waals surface area contributed by atoms with E-state index in [1.165, 1.54) is 7.11 Å². The predicted octanol–water partition coefficient (Wildman–Crippen LogP) is 1.07. The van der Waals surface area contributed by atoms with E-state index in [1.54, 1.807) is 18.2 Å². The first-order valence-electron chi connectivity index (χ1n) is 6.53. The van der Waals surface area contributed by atoms with Crippen LogP contribution in [0.4, 0.5) is 5.69 Å². The smallest absolute Gasteiger partial charge is 0.235 e. The molecule has 20 heavy (non-hydrogen) atoms. The van der Waals surface area contributed by atoms with Crippen molar-refractivity contribution in [2.75, 3.05) is 25.0 Å². The van der Waals surface area contributed by atoms with E-state index in [1.807, 2.05) is 0 Å². The lowest BCUT2D eigenvalue weighted by Crippen LogP contribution is -2.33. The van der Waals surface area contributed by atoms with Gasteiger partial charge in [0.2, 0.25) is 10.0 Å². The Morgan fingerprint density at radius 3 is 2.70 bits per heavy atom. The number of hydrogen-bond donors (Lipinski definition) is 2. The zero-order chi connectivity index (χ0) is 14.6. The first-order valence-corrected chi connectivity index (χ1v) is 8.08. The van der Waals surface area contributed by atoms with Crippen LogP contribution < -0.4 is 15.2 Å². The van der Waals surface area contributed by atoms with Gasteiger partial charge in [0, 0.05) is 19.8 Å². The molecule has 1 aliphatic heterocycles. The fourth-order valence-electron chi connectivity index (χ4n) is 2.17. The Labute approximate surface area is 119 Å². The van der Waals surface area contributed by atoms with Crippen molar-refractivity contribution in [2.24, 2.45) is 5.73 Å². The molecule has 3 N–H and O–H groups in total. The molecule has 112 valence electrons. The average molecular weight is 300 g/mol. The number of ether oxygens (including phenoxy) is 2. The molecular weight excluding hydrogens is 280 g/mol. The Morgan fingerprint density at radius 2 is 2.10 bits per heavy atom. The quantitative estimate of drug-likeness (QED) is 0.849. The SMILES string of the molecule is COc1cc(CN)ccc1NS(=O)(=O)C1CCOCC1. The second-order valence-electron chi connectivity index (χ2n) is 4.70. The topological polar surface area (TPSA) is 90.6 Å². The minimum absolute atomic E-state index is 0.378. The van der Waals surface area contributed by atoms with E-state index < -0.39 is 15.3 Å². The normalized spacial score (nSPS) is 16.9. The monoisotopic (exact) mass is 300 g/mol. The van der Waals surface area contributed by atoms with Gasteiger partial charge in [0.25, 0.3) is 0 Å². The Kier molecular flexibility index (Phi) is 4.85. The standard InChI is InChI=1S/C13H20N2O4S/c1-18-13-8-10(9-14)2-3-12(13)15-20(16,17)11-4-6-19-7-5-11/h2-3,8,11,15H,4-7,9,14H2,1H3. The summed E-state index contributed by atoms with van der Waals surface area (Å²) in [6.45, 7) is 1.34. The van der Waals surface area contributed by atoms with E-state index in [2.05, 4.69) is 4.72 Å². The Morgan fingerprint density at radius 1 is 1.40 bits per heavy atom. The highest BCUT2D eigenvalue weighted by atomic mass is 32.2. The van der Waals surface area contributed by atoms with Gasteiger partial charge in [-0.1, -0.05) is 6.07 Å². The molecule has 2 rings (SSSR count). The molecule has 1 heterocycles. The van der Waals surface area contributed by atoms with Gasteiger partial charge in [0.1, 0.15) is 5.75 Å². The molecule has 0 bridgehead atoms. The molecule has 0 saturated carbocycles. The minimum Gasteiger partial charge on any atom is -0.495 e. The van der Waals surface area contributed by atoms with Crippen LogP contribution in [0.25, 0.3) is 0 Å². The molecule has 0 atom stereocenters. The van der Waals surface area contributed by atoms with Gasteiger partial charge in [0.05, 0.1) is 18.0 Å². The predicted molar refractivity (Wildman–Crippen MR) is 77.3 cm³/mol. The number of rotatable bonds is 5. The van der Waals surface area contributed by atoms with Crippen molar-refractivity contribution in [1.29, 1.82) is 0 Å². The van der Waals surface area contributed by atoms with E-state index in [4.69, 9.17) is 15.2 Å². The Balaban J connectivity index is 2.19. The molecule has 0 spiro atoms. The van der Waals surface area contributed by atoms with Crippen molar-refractivity contribution in [3.8, 4) is 5.75 Å². The highest BCUT2D eigenvalue weighted by molar-refractivity contribution is 7.93. The second-order valence-corrected chi connectivity index (χ2v) is 6.66. The third-order valence-electron chi connectivity index (χ3n) is 3.36. The maximum absolute atomic E-state index is 12.3. The number of benzene rings is 1. The van der Waals surface area contributed by atoms with Crippen LogP contribution in [0.2, 0.25) is 0 Å². The molecule has 0 aromatic heterocycles. The molecule has 1 saturated heterocycles. The highest BCUT2D eigenvalue weighted by Crippen LogP contribution is 2.28. The van der Waals surface area contributed by atoms with Gasteiger partial charge in [-0.3, -0.25) is 4.72 Å². The average Bonchev–Trinajstić information content (AvgIpc) is 2.48. The molecule has 1 aromatic rings. The summed E-state index contributed by atoms with van der Waals surface area (Å²) in [6, 6.07) is 5.20. The van der Waals surface area contributed by atoms with Crippen molar-refractivity contribution in [3.05, 3.63) is 23.8 Å². The molecular formula is C13H20N2O4S. The fraction of sp³-hybridized carbons (Fsp3) is 0.538. The Bertz CT molecular complexity index is 553. The highest BCUT2D eigenvalue weighted by Gasteiger charge is 2.28. The number of hydrogen-bond acceptors (Lipinski definition) is 5. The molecule has 1 aliphatic rings. The third kappa shape index (κ3) is 3.41. The largest absolute Gasteiger partial charge is 0.495 e. The van der Waals surface area contributed by atoms with Crippen molar-refractivity contribution in [1.82, 2.24) is 0 Å². The van der Waals surface area contributed by atoms with E-state index in [9.17, 15) is 8.42 Å². The number of nitrogens with one attached hydrogen (secondary N) is 1.